The van der Waals surface area contributed by atoms with E-state index >= 15 is 0 Å². The zero-order valence-electron chi connectivity index (χ0n) is 13.0. The van der Waals surface area contributed by atoms with Crippen LogP contribution in [0.15, 0.2) is 30.3 Å². The van der Waals surface area contributed by atoms with Gasteiger partial charge in [0.25, 0.3) is 11.6 Å². The van der Waals surface area contributed by atoms with Crippen molar-refractivity contribution in [2.24, 2.45) is 0 Å². The Morgan fingerprint density at radius 1 is 1.46 bits per heavy atom. The van der Waals surface area contributed by atoms with E-state index in [4.69, 9.17) is 9.47 Å². The summed E-state index contributed by atoms with van der Waals surface area (Å²) in [5.41, 5.74) is 0.419. The van der Waals surface area contributed by atoms with Gasteiger partial charge in [0.05, 0.1) is 11.0 Å². The predicted molar refractivity (Wildman–Crippen MR) is 85.1 cm³/mol. The van der Waals surface area contributed by atoms with Crippen LogP contribution in [-0.4, -0.2) is 42.7 Å². The molecule has 1 aromatic carbocycles. The molecule has 0 spiro atoms. The van der Waals surface area contributed by atoms with Gasteiger partial charge in [0.1, 0.15) is 0 Å². The molecule has 1 aliphatic heterocycles. The van der Waals surface area contributed by atoms with Crippen LogP contribution in [0.3, 0.4) is 0 Å². The van der Waals surface area contributed by atoms with Crippen LogP contribution in [0.5, 0.6) is 0 Å². The van der Waals surface area contributed by atoms with Crippen LogP contribution in [0.25, 0.3) is 6.08 Å². The Hall–Kier alpha value is -2.74. The number of ether oxygens (including phenoxy) is 2. The molecule has 1 fully saturated rings. The van der Waals surface area contributed by atoms with Crippen LogP contribution in [0.4, 0.5) is 5.69 Å². The number of hydrogen-bond acceptors (Lipinski definition) is 6. The molecule has 0 aromatic heterocycles. The standard InChI is InChI=1S/C16H18N2O6/c19-15(17-10-14-5-2-8-23-14)11-24-16(20)7-6-12-3-1-4-13(9-12)18(21)22/h1,3-4,6-7,9,14H,2,5,8,10-11H2,(H,17,19)/b7-6+/t14-/m1/s1. The van der Waals surface area contributed by atoms with E-state index in [9.17, 15) is 19.7 Å². The topological polar surface area (TPSA) is 108 Å². The Labute approximate surface area is 138 Å². The van der Waals surface area contributed by atoms with Crippen LogP contribution in [0.1, 0.15) is 18.4 Å². The number of nitrogens with one attached hydrogen (secondary N) is 1. The summed E-state index contributed by atoms with van der Waals surface area (Å²) in [6.07, 6.45) is 4.43. The molecule has 0 bridgehead atoms. The number of benzene rings is 1. The number of amides is 1. The van der Waals surface area contributed by atoms with E-state index in [-0.39, 0.29) is 18.4 Å². The lowest BCUT2D eigenvalue weighted by molar-refractivity contribution is -0.384. The van der Waals surface area contributed by atoms with Gasteiger partial charge in [0.15, 0.2) is 6.61 Å². The summed E-state index contributed by atoms with van der Waals surface area (Å²) in [6.45, 7) is 0.725. The maximum absolute atomic E-state index is 11.6. The molecule has 1 N–H and O–H groups in total. The molecule has 1 heterocycles. The highest BCUT2D eigenvalue weighted by molar-refractivity contribution is 5.89. The summed E-state index contributed by atoms with van der Waals surface area (Å²) >= 11 is 0. The fourth-order valence-electron chi connectivity index (χ4n) is 2.18. The third kappa shape index (κ3) is 5.81. The largest absolute Gasteiger partial charge is 0.452 e. The molecule has 1 saturated heterocycles. The highest BCUT2D eigenvalue weighted by Crippen LogP contribution is 2.14. The van der Waals surface area contributed by atoms with Crippen molar-refractivity contribution in [2.75, 3.05) is 19.8 Å². The lowest BCUT2D eigenvalue weighted by atomic mass is 10.2. The molecule has 24 heavy (non-hydrogen) atoms. The number of nitro groups is 1. The molecular formula is C16H18N2O6. The van der Waals surface area contributed by atoms with Gasteiger partial charge < -0.3 is 14.8 Å². The molecule has 0 radical (unpaired) electrons. The molecule has 1 aromatic rings. The molecule has 1 atom stereocenters. The van der Waals surface area contributed by atoms with Gasteiger partial charge in [-0.15, -0.1) is 0 Å². The second-order valence-corrected chi connectivity index (χ2v) is 5.23. The van der Waals surface area contributed by atoms with Crippen LogP contribution in [0.2, 0.25) is 0 Å². The number of hydrogen-bond donors (Lipinski definition) is 1. The summed E-state index contributed by atoms with van der Waals surface area (Å²) in [6, 6.07) is 5.82. The van der Waals surface area contributed by atoms with Crippen molar-refractivity contribution in [3.63, 3.8) is 0 Å². The first-order valence-electron chi connectivity index (χ1n) is 7.52. The quantitative estimate of drug-likeness (QED) is 0.350. The molecule has 1 amide bonds. The average molecular weight is 334 g/mol. The number of non-ortho nitro benzene ring substituents is 1. The third-order valence-electron chi connectivity index (χ3n) is 3.39. The number of carbonyl (C=O) groups is 2. The van der Waals surface area contributed by atoms with Crippen molar-refractivity contribution in [1.82, 2.24) is 5.32 Å². The first kappa shape index (κ1) is 17.6. The van der Waals surface area contributed by atoms with Gasteiger partial charge in [-0.2, -0.15) is 0 Å². The molecule has 0 aliphatic carbocycles. The Balaban J connectivity index is 1.73. The first-order valence-corrected chi connectivity index (χ1v) is 7.52. The Morgan fingerprint density at radius 2 is 2.29 bits per heavy atom. The van der Waals surface area contributed by atoms with E-state index in [1.54, 1.807) is 6.07 Å². The number of nitro benzene ring substituents is 1. The SMILES string of the molecule is O=C(COC(=O)/C=C/c1cccc([N+](=O)[O-])c1)NC[C@H]1CCCO1. The van der Waals surface area contributed by atoms with E-state index < -0.39 is 16.8 Å². The average Bonchev–Trinajstić information content (AvgIpc) is 3.10. The van der Waals surface area contributed by atoms with Crippen molar-refractivity contribution in [3.05, 3.63) is 46.0 Å². The number of nitrogens with zero attached hydrogens (tertiary/aromatic N) is 1. The van der Waals surface area contributed by atoms with Crippen LogP contribution in [0, 0.1) is 10.1 Å². The highest BCUT2D eigenvalue weighted by atomic mass is 16.6. The summed E-state index contributed by atoms with van der Waals surface area (Å²) in [4.78, 5) is 33.2. The van der Waals surface area contributed by atoms with E-state index in [1.807, 2.05) is 0 Å². The van der Waals surface area contributed by atoms with Gasteiger partial charge in [0.2, 0.25) is 0 Å². The molecule has 2 rings (SSSR count). The zero-order chi connectivity index (χ0) is 17.4. The van der Waals surface area contributed by atoms with Gasteiger partial charge >= 0.3 is 5.97 Å². The smallest absolute Gasteiger partial charge is 0.331 e. The monoisotopic (exact) mass is 334 g/mol. The maximum Gasteiger partial charge on any atom is 0.331 e. The van der Waals surface area contributed by atoms with Gasteiger partial charge in [-0.3, -0.25) is 14.9 Å². The molecule has 0 unspecified atom stereocenters. The van der Waals surface area contributed by atoms with E-state index in [1.165, 1.54) is 24.3 Å². The summed E-state index contributed by atoms with van der Waals surface area (Å²) in [5, 5.41) is 13.3. The molecule has 128 valence electrons. The van der Waals surface area contributed by atoms with Crippen molar-refractivity contribution >= 4 is 23.6 Å². The minimum atomic E-state index is -0.700. The summed E-state index contributed by atoms with van der Waals surface area (Å²) in [7, 11) is 0. The Kier molecular flexibility index (Phi) is 6.44. The lowest BCUT2D eigenvalue weighted by Crippen LogP contribution is -2.34. The predicted octanol–water partition coefficient (Wildman–Crippen LogP) is 1.45. The lowest BCUT2D eigenvalue weighted by Gasteiger charge is -2.10. The molecule has 8 heteroatoms. The molecule has 1 aliphatic rings. The number of carbonyl (C=O) groups excluding carboxylic acids is 2. The van der Waals surface area contributed by atoms with Crippen LogP contribution in [-0.2, 0) is 19.1 Å². The van der Waals surface area contributed by atoms with Crippen molar-refractivity contribution in [2.45, 2.75) is 18.9 Å². The molecular weight excluding hydrogens is 316 g/mol. The van der Waals surface area contributed by atoms with E-state index in [0.717, 1.165) is 18.9 Å². The van der Waals surface area contributed by atoms with E-state index in [0.29, 0.717) is 18.7 Å². The first-order chi connectivity index (χ1) is 11.5. The third-order valence-corrected chi connectivity index (χ3v) is 3.39. The summed E-state index contributed by atoms with van der Waals surface area (Å²) < 4.78 is 10.2. The Bertz CT molecular complexity index is 637. The van der Waals surface area contributed by atoms with E-state index in [2.05, 4.69) is 5.32 Å². The normalized spacial score (nSPS) is 16.9. The second-order valence-electron chi connectivity index (χ2n) is 5.23. The maximum atomic E-state index is 11.6. The van der Waals surface area contributed by atoms with Crippen molar-refractivity contribution in [1.29, 1.82) is 0 Å². The van der Waals surface area contributed by atoms with Crippen molar-refractivity contribution < 1.29 is 24.0 Å². The highest BCUT2D eigenvalue weighted by Gasteiger charge is 2.16. The minimum Gasteiger partial charge on any atom is -0.452 e. The van der Waals surface area contributed by atoms with Crippen molar-refractivity contribution in [3.8, 4) is 0 Å². The summed E-state index contributed by atoms with van der Waals surface area (Å²) in [5.74, 6) is -1.10. The van der Waals surface area contributed by atoms with Gasteiger partial charge in [-0.1, -0.05) is 12.1 Å². The Morgan fingerprint density at radius 3 is 3.00 bits per heavy atom. The number of rotatable bonds is 7. The van der Waals surface area contributed by atoms with Gasteiger partial charge in [-0.05, 0) is 24.5 Å². The fraction of sp³-hybridized carbons (Fsp3) is 0.375. The zero-order valence-corrected chi connectivity index (χ0v) is 13.0. The van der Waals surface area contributed by atoms with Gasteiger partial charge in [-0.25, -0.2) is 4.79 Å². The fourth-order valence-corrected chi connectivity index (χ4v) is 2.18. The van der Waals surface area contributed by atoms with Crippen LogP contribution < -0.4 is 5.32 Å². The molecule has 0 saturated carbocycles. The number of esters is 1. The second kappa shape index (κ2) is 8.78. The van der Waals surface area contributed by atoms with Crippen LogP contribution >= 0.6 is 0 Å². The molecule has 8 nitrogen and oxygen atoms in total. The van der Waals surface area contributed by atoms with Gasteiger partial charge in [0, 0.05) is 31.4 Å². The minimum absolute atomic E-state index is 0.0263.